The van der Waals surface area contributed by atoms with Crippen LogP contribution in [-0.2, 0) is 9.53 Å². The molecule has 162 valence electrons. The minimum Gasteiger partial charge on any atom is -0.492 e. The molecule has 0 saturated carbocycles. The number of rotatable bonds is 11. The zero-order chi connectivity index (χ0) is 21.8. The van der Waals surface area contributed by atoms with Gasteiger partial charge in [-0.2, -0.15) is 0 Å². The average molecular weight is 471 g/mol. The molecule has 0 unspecified atom stereocenters. The molecule has 0 atom stereocenters. The molecule has 6 nitrogen and oxygen atoms in total. The second-order valence-corrected chi connectivity index (χ2v) is 7.32. The lowest BCUT2D eigenvalue weighted by Gasteiger charge is -2.14. The second-order valence-electron chi connectivity index (χ2n) is 6.07. The number of carbonyl (C=O) groups is 1. The third kappa shape index (κ3) is 8.75. The van der Waals surface area contributed by atoms with Crippen molar-refractivity contribution >= 4 is 52.1 Å². The first kappa shape index (κ1) is 24.2. The van der Waals surface area contributed by atoms with Gasteiger partial charge in [0.25, 0.3) is 0 Å². The number of amides is 1. The SMILES string of the molecule is CCOCCOc1ccccc1NC(=S)NC(=O)CCCOc1ccc(Cl)cc1Cl. The Balaban J connectivity index is 1.72. The van der Waals surface area contributed by atoms with Gasteiger partial charge in [0.2, 0.25) is 5.91 Å². The maximum Gasteiger partial charge on any atom is 0.226 e. The number of ether oxygens (including phenoxy) is 3. The lowest BCUT2D eigenvalue weighted by Crippen LogP contribution is -2.34. The highest BCUT2D eigenvalue weighted by molar-refractivity contribution is 7.80. The fourth-order valence-corrected chi connectivity index (χ4v) is 3.09. The van der Waals surface area contributed by atoms with Crippen LogP contribution >= 0.6 is 35.4 Å². The zero-order valence-corrected chi connectivity index (χ0v) is 18.9. The van der Waals surface area contributed by atoms with Gasteiger partial charge < -0.3 is 24.8 Å². The second kappa shape index (κ2) is 13.3. The Kier molecular flexibility index (Phi) is 10.7. The summed E-state index contributed by atoms with van der Waals surface area (Å²) >= 11 is 17.1. The van der Waals surface area contributed by atoms with Crippen LogP contribution in [0.3, 0.4) is 0 Å². The normalized spacial score (nSPS) is 10.4. The van der Waals surface area contributed by atoms with Crippen LogP contribution in [0.1, 0.15) is 19.8 Å². The summed E-state index contributed by atoms with van der Waals surface area (Å²) in [6.45, 7) is 3.82. The number of halogens is 2. The van der Waals surface area contributed by atoms with Crippen LogP contribution in [-0.4, -0.2) is 37.4 Å². The third-order valence-electron chi connectivity index (χ3n) is 3.78. The molecule has 0 aromatic heterocycles. The van der Waals surface area contributed by atoms with Crippen LogP contribution in [0.5, 0.6) is 11.5 Å². The summed E-state index contributed by atoms with van der Waals surface area (Å²) in [6, 6.07) is 12.3. The number of thiocarbonyl (C=S) groups is 1. The van der Waals surface area contributed by atoms with Gasteiger partial charge in [-0.1, -0.05) is 35.3 Å². The lowest BCUT2D eigenvalue weighted by atomic mass is 10.3. The van der Waals surface area contributed by atoms with E-state index in [1.807, 2.05) is 31.2 Å². The maximum atomic E-state index is 12.1. The largest absolute Gasteiger partial charge is 0.492 e. The van der Waals surface area contributed by atoms with Crippen molar-refractivity contribution in [1.82, 2.24) is 5.32 Å². The number of anilines is 1. The van der Waals surface area contributed by atoms with Gasteiger partial charge in [0.05, 0.1) is 23.9 Å². The first-order valence-corrected chi connectivity index (χ1v) is 10.6. The first-order valence-electron chi connectivity index (χ1n) is 9.48. The molecule has 0 aliphatic heterocycles. The van der Waals surface area contributed by atoms with Crippen LogP contribution < -0.4 is 20.1 Å². The molecule has 1 amide bonds. The Morgan fingerprint density at radius 2 is 1.80 bits per heavy atom. The summed E-state index contributed by atoms with van der Waals surface area (Å²) in [7, 11) is 0. The molecule has 2 aromatic carbocycles. The Hall–Kier alpha value is -2.06. The Morgan fingerprint density at radius 1 is 1.03 bits per heavy atom. The summed E-state index contributed by atoms with van der Waals surface area (Å²) in [6.07, 6.45) is 0.754. The highest BCUT2D eigenvalue weighted by Crippen LogP contribution is 2.27. The van der Waals surface area contributed by atoms with Gasteiger partial charge in [0.1, 0.15) is 18.1 Å². The van der Waals surface area contributed by atoms with E-state index >= 15 is 0 Å². The van der Waals surface area contributed by atoms with Crippen molar-refractivity contribution in [3.05, 3.63) is 52.5 Å². The van der Waals surface area contributed by atoms with Crippen LogP contribution in [0.2, 0.25) is 10.0 Å². The number of para-hydroxylation sites is 2. The molecule has 0 radical (unpaired) electrons. The molecule has 0 aliphatic rings. The van der Waals surface area contributed by atoms with E-state index in [-0.39, 0.29) is 17.4 Å². The van der Waals surface area contributed by atoms with Crippen LogP contribution in [0, 0.1) is 0 Å². The van der Waals surface area contributed by atoms with E-state index < -0.39 is 0 Å². The molecule has 30 heavy (non-hydrogen) atoms. The lowest BCUT2D eigenvalue weighted by molar-refractivity contribution is -0.119. The summed E-state index contributed by atoms with van der Waals surface area (Å²) in [5.41, 5.74) is 0.667. The van der Waals surface area contributed by atoms with Gasteiger partial charge in [-0.15, -0.1) is 0 Å². The quantitative estimate of drug-likeness (QED) is 0.352. The zero-order valence-electron chi connectivity index (χ0n) is 16.6. The Bertz CT molecular complexity index is 852. The molecule has 0 bridgehead atoms. The maximum absolute atomic E-state index is 12.1. The van der Waals surface area contributed by atoms with Crippen molar-refractivity contribution in [3.8, 4) is 11.5 Å². The van der Waals surface area contributed by atoms with Crippen LogP contribution in [0.25, 0.3) is 0 Å². The first-order chi connectivity index (χ1) is 14.5. The van der Waals surface area contributed by atoms with E-state index in [1.54, 1.807) is 18.2 Å². The minimum absolute atomic E-state index is 0.197. The predicted octanol–water partition coefficient (Wildman–Crippen LogP) is 5.08. The molecule has 2 N–H and O–H groups in total. The summed E-state index contributed by atoms with van der Waals surface area (Å²) in [5.74, 6) is 0.940. The third-order valence-corrected chi connectivity index (χ3v) is 4.51. The molecule has 9 heteroatoms. The molecule has 0 aliphatic carbocycles. The molecule has 0 saturated heterocycles. The van der Waals surface area contributed by atoms with Gasteiger partial charge >= 0.3 is 0 Å². The molecular formula is C21H24Cl2N2O4S. The number of nitrogens with one attached hydrogen (secondary N) is 2. The van der Waals surface area contributed by atoms with Gasteiger partial charge in [-0.05, 0) is 55.9 Å². The van der Waals surface area contributed by atoms with E-state index in [0.717, 1.165) is 0 Å². The number of benzene rings is 2. The van der Waals surface area contributed by atoms with E-state index in [0.29, 0.717) is 60.1 Å². The molecule has 2 rings (SSSR count). The van der Waals surface area contributed by atoms with E-state index in [4.69, 9.17) is 49.6 Å². The van der Waals surface area contributed by atoms with Gasteiger partial charge in [0, 0.05) is 18.1 Å². The Labute approximate surface area is 191 Å². The van der Waals surface area contributed by atoms with Gasteiger partial charge in [0.15, 0.2) is 5.11 Å². The number of carbonyl (C=O) groups excluding carboxylic acids is 1. The van der Waals surface area contributed by atoms with Crippen molar-refractivity contribution < 1.29 is 19.0 Å². The smallest absolute Gasteiger partial charge is 0.226 e. The molecule has 0 heterocycles. The standard InChI is InChI=1S/C21H24Cl2N2O4S/c1-2-27-12-13-29-19-7-4-3-6-17(19)24-21(30)25-20(26)8-5-11-28-18-10-9-15(22)14-16(18)23/h3-4,6-7,9-10,14H,2,5,8,11-13H2,1H3,(H2,24,25,26,30). The van der Waals surface area contributed by atoms with Crippen molar-refractivity contribution in [2.45, 2.75) is 19.8 Å². The van der Waals surface area contributed by atoms with Crippen molar-refractivity contribution in [2.75, 3.05) is 31.7 Å². The molecular weight excluding hydrogens is 447 g/mol. The fourth-order valence-electron chi connectivity index (χ4n) is 2.40. The fraction of sp³-hybridized carbons (Fsp3) is 0.333. The number of hydrogen-bond donors (Lipinski definition) is 2. The van der Waals surface area contributed by atoms with Crippen molar-refractivity contribution in [2.24, 2.45) is 0 Å². The summed E-state index contributed by atoms with van der Waals surface area (Å²) in [4.78, 5) is 12.1. The van der Waals surface area contributed by atoms with Crippen LogP contribution in [0.15, 0.2) is 42.5 Å². The van der Waals surface area contributed by atoms with E-state index in [2.05, 4.69) is 10.6 Å². The predicted molar refractivity (Wildman–Crippen MR) is 124 cm³/mol. The van der Waals surface area contributed by atoms with Crippen molar-refractivity contribution in [3.63, 3.8) is 0 Å². The van der Waals surface area contributed by atoms with Crippen molar-refractivity contribution in [1.29, 1.82) is 0 Å². The monoisotopic (exact) mass is 470 g/mol. The molecule has 2 aromatic rings. The average Bonchev–Trinajstić information content (AvgIpc) is 2.71. The topological polar surface area (TPSA) is 68.8 Å². The van der Waals surface area contributed by atoms with Gasteiger partial charge in [-0.25, -0.2) is 0 Å². The molecule has 0 fully saturated rings. The summed E-state index contributed by atoms with van der Waals surface area (Å²) < 4.78 is 16.5. The Morgan fingerprint density at radius 3 is 2.57 bits per heavy atom. The number of hydrogen-bond acceptors (Lipinski definition) is 5. The van der Waals surface area contributed by atoms with E-state index in [9.17, 15) is 4.79 Å². The van der Waals surface area contributed by atoms with Gasteiger partial charge in [-0.3, -0.25) is 4.79 Å². The highest BCUT2D eigenvalue weighted by Gasteiger charge is 2.09. The van der Waals surface area contributed by atoms with E-state index in [1.165, 1.54) is 0 Å². The molecule has 0 spiro atoms. The highest BCUT2D eigenvalue weighted by atomic mass is 35.5. The van der Waals surface area contributed by atoms with Crippen LogP contribution in [0.4, 0.5) is 5.69 Å². The summed E-state index contributed by atoms with van der Waals surface area (Å²) in [5, 5.41) is 6.80. The minimum atomic E-state index is -0.215.